The number of rotatable bonds is 6. The molecule has 1 rings (SSSR count). The van der Waals surface area contributed by atoms with Crippen LogP contribution in [-0.4, -0.2) is 30.6 Å². The Balaban J connectivity index is 2.19. The maximum atomic E-state index is 11.4. The molecule has 0 amide bonds. The van der Waals surface area contributed by atoms with Crippen molar-refractivity contribution in [1.29, 1.82) is 0 Å². The molecule has 3 nitrogen and oxygen atoms in total. The smallest absolute Gasteiger partial charge is 0.186 e. The van der Waals surface area contributed by atoms with Gasteiger partial charge in [-0.2, -0.15) is 0 Å². The van der Waals surface area contributed by atoms with Crippen LogP contribution in [0, 0.1) is 0 Å². The maximum absolute atomic E-state index is 11.4. The van der Waals surface area contributed by atoms with Crippen molar-refractivity contribution in [3.8, 4) is 0 Å². The van der Waals surface area contributed by atoms with Gasteiger partial charge >= 0.3 is 0 Å². The number of carbonyl (C=O) groups excluding carboxylic acids is 1. The normalized spacial score (nSPS) is 10.2. The van der Waals surface area contributed by atoms with E-state index in [9.17, 15) is 4.79 Å². The largest absolute Gasteiger partial charge is 0.396 e. The maximum Gasteiger partial charge on any atom is 0.186 e. The molecule has 0 spiro atoms. The van der Waals surface area contributed by atoms with Crippen molar-refractivity contribution in [2.45, 2.75) is 6.42 Å². The topological polar surface area (TPSA) is 49.3 Å². The Bertz CT molecular complexity index is 246. The molecule has 0 radical (unpaired) electrons. The lowest BCUT2D eigenvalue weighted by molar-refractivity contribution is 0.0994. The summed E-state index contributed by atoms with van der Waals surface area (Å²) in [5.41, 5.74) is 0. The van der Waals surface area contributed by atoms with Crippen LogP contribution in [0.5, 0.6) is 0 Å². The molecule has 1 heterocycles. The second kappa shape index (κ2) is 5.85. The van der Waals surface area contributed by atoms with E-state index in [0.717, 1.165) is 4.88 Å². The molecule has 0 aromatic carbocycles. The number of hydrogen-bond donors (Lipinski definition) is 2. The van der Waals surface area contributed by atoms with Gasteiger partial charge < -0.3 is 10.4 Å². The van der Waals surface area contributed by atoms with Crippen LogP contribution in [0.1, 0.15) is 16.1 Å². The van der Waals surface area contributed by atoms with Crippen LogP contribution >= 0.6 is 11.3 Å². The van der Waals surface area contributed by atoms with Crippen molar-refractivity contribution in [2.24, 2.45) is 0 Å². The summed E-state index contributed by atoms with van der Waals surface area (Å²) < 4.78 is 0. The molecule has 1 aromatic rings. The lowest BCUT2D eigenvalue weighted by Gasteiger charge is -2.00. The minimum atomic E-state index is 0.118. The summed E-state index contributed by atoms with van der Waals surface area (Å²) in [4.78, 5) is 12.1. The van der Waals surface area contributed by atoms with Crippen LogP contribution in [0.15, 0.2) is 17.5 Å². The number of aliphatic hydroxyl groups excluding tert-OH is 1. The van der Waals surface area contributed by atoms with Gasteiger partial charge in [0.25, 0.3) is 0 Å². The first kappa shape index (κ1) is 10.4. The zero-order valence-electron chi connectivity index (χ0n) is 7.32. The zero-order chi connectivity index (χ0) is 9.52. The highest BCUT2D eigenvalue weighted by Gasteiger charge is 2.04. The number of thiophene rings is 1. The fourth-order valence-corrected chi connectivity index (χ4v) is 1.59. The molecule has 0 fully saturated rings. The summed E-state index contributed by atoms with van der Waals surface area (Å²) in [7, 11) is 0. The molecule has 4 heteroatoms. The van der Waals surface area contributed by atoms with Gasteiger partial charge in [-0.05, 0) is 24.4 Å². The molecule has 0 atom stereocenters. The highest BCUT2D eigenvalue weighted by molar-refractivity contribution is 7.12. The first-order valence-corrected chi connectivity index (χ1v) is 5.11. The Morgan fingerprint density at radius 3 is 3.08 bits per heavy atom. The van der Waals surface area contributed by atoms with Crippen molar-refractivity contribution in [3.63, 3.8) is 0 Å². The molecule has 0 aliphatic carbocycles. The molecule has 1 aromatic heterocycles. The van der Waals surface area contributed by atoms with Crippen LogP contribution in [0.25, 0.3) is 0 Å². The third-order valence-corrected chi connectivity index (χ3v) is 2.50. The molecule has 0 unspecified atom stereocenters. The molecule has 2 N–H and O–H groups in total. The Kier molecular flexibility index (Phi) is 4.67. The van der Waals surface area contributed by atoms with Gasteiger partial charge in [0.05, 0.1) is 11.4 Å². The molecule has 72 valence electrons. The third kappa shape index (κ3) is 3.67. The van der Waals surface area contributed by atoms with Crippen LogP contribution in [0.4, 0.5) is 0 Å². The van der Waals surface area contributed by atoms with Gasteiger partial charge in [0, 0.05) is 6.61 Å². The van der Waals surface area contributed by atoms with Crippen LogP contribution in [-0.2, 0) is 0 Å². The summed E-state index contributed by atoms with van der Waals surface area (Å²) in [5.74, 6) is 0.118. The average molecular weight is 199 g/mol. The summed E-state index contributed by atoms with van der Waals surface area (Å²) in [6, 6.07) is 3.69. The van der Waals surface area contributed by atoms with Gasteiger partial charge in [-0.3, -0.25) is 4.79 Å². The highest BCUT2D eigenvalue weighted by atomic mass is 32.1. The molecule has 0 bridgehead atoms. The van der Waals surface area contributed by atoms with Crippen molar-refractivity contribution in [2.75, 3.05) is 19.7 Å². The first-order chi connectivity index (χ1) is 6.34. The van der Waals surface area contributed by atoms with E-state index < -0.39 is 0 Å². The number of nitrogens with one attached hydrogen (secondary N) is 1. The molecule has 0 aliphatic rings. The lowest BCUT2D eigenvalue weighted by Crippen LogP contribution is -2.23. The third-order valence-electron chi connectivity index (χ3n) is 1.59. The Morgan fingerprint density at radius 1 is 1.62 bits per heavy atom. The van der Waals surface area contributed by atoms with Gasteiger partial charge in [0.2, 0.25) is 0 Å². The van der Waals surface area contributed by atoms with E-state index in [1.54, 1.807) is 0 Å². The van der Waals surface area contributed by atoms with E-state index in [-0.39, 0.29) is 12.4 Å². The average Bonchev–Trinajstić information content (AvgIpc) is 2.65. The summed E-state index contributed by atoms with van der Waals surface area (Å²) in [6.07, 6.45) is 0.692. The van der Waals surface area contributed by atoms with Crippen molar-refractivity contribution < 1.29 is 9.90 Å². The van der Waals surface area contributed by atoms with Gasteiger partial charge in [0.1, 0.15) is 0 Å². The molecule has 0 aliphatic heterocycles. The minimum absolute atomic E-state index is 0.118. The highest BCUT2D eigenvalue weighted by Crippen LogP contribution is 2.08. The van der Waals surface area contributed by atoms with Crippen molar-refractivity contribution in [1.82, 2.24) is 5.32 Å². The monoisotopic (exact) mass is 199 g/mol. The fraction of sp³-hybridized carbons (Fsp3) is 0.444. The number of Topliss-reactive ketones (excluding diaryl/α,β-unsaturated/α-hetero) is 1. The Labute approximate surface area is 81.4 Å². The summed E-state index contributed by atoms with van der Waals surface area (Å²) in [5, 5.41) is 13.4. The lowest BCUT2D eigenvalue weighted by atomic mass is 10.3. The zero-order valence-corrected chi connectivity index (χ0v) is 8.14. The molecule has 13 heavy (non-hydrogen) atoms. The predicted octanol–water partition coefficient (Wildman–Crippen LogP) is 0.903. The Morgan fingerprint density at radius 2 is 2.46 bits per heavy atom. The van der Waals surface area contributed by atoms with Gasteiger partial charge in [-0.25, -0.2) is 0 Å². The van der Waals surface area contributed by atoms with E-state index in [4.69, 9.17) is 5.11 Å². The summed E-state index contributed by atoms with van der Waals surface area (Å²) >= 11 is 1.46. The van der Waals surface area contributed by atoms with Crippen molar-refractivity contribution >= 4 is 17.1 Å². The first-order valence-electron chi connectivity index (χ1n) is 4.23. The van der Waals surface area contributed by atoms with E-state index in [1.807, 2.05) is 17.5 Å². The summed E-state index contributed by atoms with van der Waals surface area (Å²) in [6.45, 7) is 1.22. The second-order valence-corrected chi connectivity index (χ2v) is 3.60. The quantitative estimate of drug-likeness (QED) is 0.528. The van der Waals surface area contributed by atoms with Gasteiger partial charge in [-0.1, -0.05) is 6.07 Å². The minimum Gasteiger partial charge on any atom is -0.396 e. The van der Waals surface area contributed by atoms with Crippen LogP contribution in [0.2, 0.25) is 0 Å². The molecule has 0 saturated heterocycles. The van der Waals surface area contributed by atoms with E-state index in [0.29, 0.717) is 19.5 Å². The van der Waals surface area contributed by atoms with Gasteiger partial charge in [-0.15, -0.1) is 11.3 Å². The SMILES string of the molecule is O=C(CNCCCO)c1cccs1. The Hall–Kier alpha value is -0.710. The number of carbonyl (C=O) groups is 1. The van der Waals surface area contributed by atoms with Crippen LogP contribution < -0.4 is 5.32 Å². The number of ketones is 1. The molecular formula is C9H13NO2S. The molecular weight excluding hydrogens is 186 g/mol. The van der Waals surface area contributed by atoms with Crippen LogP contribution in [0.3, 0.4) is 0 Å². The second-order valence-electron chi connectivity index (χ2n) is 2.65. The molecule has 0 saturated carbocycles. The van der Waals surface area contributed by atoms with E-state index >= 15 is 0 Å². The van der Waals surface area contributed by atoms with E-state index in [1.165, 1.54) is 11.3 Å². The standard InChI is InChI=1S/C9H13NO2S/c11-5-2-4-10-7-8(12)9-3-1-6-13-9/h1,3,6,10-11H,2,4-5,7H2. The van der Waals surface area contributed by atoms with E-state index in [2.05, 4.69) is 5.32 Å². The van der Waals surface area contributed by atoms with Crippen molar-refractivity contribution in [3.05, 3.63) is 22.4 Å². The van der Waals surface area contributed by atoms with Gasteiger partial charge in [0.15, 0.2) is 5.78 Å². The predicted molar refractivity (Wildman–Crippen MR) is 53.2 cm³/mol. The number of aliphatic hydroxyl groups is 1. The number of hydrogen-bond acceptors (Lipinski definition) is 4. The fourth-order valence-electron chi connectivity index (χ4n) is 0.930.